The van der Waals surface area contributed by atoms with Gasteiger partial charge in [-0.1, -0.05) is 0 Å². The second-order valence-corrected chi connectivity index (χ2v) is 6.18. The smallest absolute Gasteiger partial charge is 0.410 e. The van der Waals surface area contributed by atoms with Crippen LogP contribution in [0.15, 0.2) is 6.20 Å². The first-order valence-corrected chi connectivity index (χ1v) is 6.43. The van der Waals surface area contributed by atoms with Gasteiger partial charge in [0.05, 0.1) is 25.3 Å². The molecule has 0 radical (unpaired) electrons. The first kappa shape index (κ1) is 14.7. The summed E-state index contributed by atoms with van der Waals surface area (Å²) in [7, 11) is 1.67. The maximum atomic E-state index is 11.8. The average Bonchev–Trinajstić information content (AvgIpc) is 2.68. The molecular weight excluding hydrogens is 262 g/mol. The van der Waals surface area contributed by atoms with Crippen LogP contribution in [0.5, 0.6) is 0 Å². The van der Waals surface area contributed by atoms with E-state index in [9.17, 15) is 9.90 Å². The molecule has 0 saturated carbocycles. The normalized spacial score (nSPS) is 19.4. The second kappa shape index (κ2) is 4.71. The molecule has 1 aliphatic heterocycles. The van der Waals surface area contributed by atoms with Crippen molar-refractivity contribution in [3.05, 3.63) is 11.9 Å². The van der Waals surface area contributed by atoms with Gasteiger partial charge in [0.25, 0.3) is 0 Å². The van der Waals surface area contributed by atoms with Gasteiger partial charge in [0, 0.05) is 7.05 Å². The van der Waals surface area contributed by atoms with E-state index in [0.29, 0.717) is 5.69 Å². The minimum atomic E-state index is -1.19. The SMILES string of the molecule is Cn1ncc(C(N)C2(O)CN(C(=O)OC(C)(C)C)C2)n1. The third-order valence-electron chi connectivity index (χ3n) is 3.10. The van der Waals surface area contributed by atoms with Crippen molar-refractivity contribution in [1.82, 2.24) is 19.9 Å². The molecule has 1 fully saturated rings. The summed E-state index contributed by atoms with van der Waals surface area (Å²) in [6, 6.07) is -0.685. The number of β-amino-alcohol motifs (C(OH)–C–C–N with tert-alkyl or cyclic N) is 1. The van der Waals surface area contributed by atoms with Gasteiger partial charge >= 0.3 is 6.09 Å². The second-order valence-electron chi connectivity index (χ2n) is 6.18. The Morgan fingerprint density at radius 2 is 2.15 bits per heavy atom. The maximum Gasteiger partial charge on any atom is 0.410 e. The van der Waals surface area contributed by atoms with Crippen molar-refractivity contribution in [3.8, 4) is 0 Å². The van der Waals surface area contributed by atoms with Gasteiger partial charge < -0.3 is 20.5 Å². The number of aromatic nitrogens is 3. The Morgan fingerprint density at radius 3 is 2.60 bits per heavy atom. The maximum absolute atomic E-state index is 11.8. The monoisotopic (exact) mass is 283 g/mol. The van der Waals surface area contributed by atoms with E-state index in [4.69, 9.17) is 10.5 Å². The van der Waals surface area contributed by atoms with E-state index in [-0.39, 0.29) is 13.1 Å². The van der Waals surface area contributed by atoms with Crippen LogP contribution in [-0.2, 0) is 11.8 Å². The Kier molecular flexibility index (Phi) is 3.47. The van der Waals surface area contributed by atoms with Crippen LogP contribution in [0.1, 0.15) is 32.5 Å². The van der Waals surface area contributed by atoms with Gasteiger partial charge in [0.2, 0.25) is 0 Å². The Balaban J connectivity index is 1.95. The molecule has 1 aromatic rings. The molecule has 1 amide bonds. The van der Waals surface area contributed by atoms with E-state index >= 15 is 0 Å². The van der Waals surface area contributed by atoms with Gasteiger partial charge in [-0.2, -0.15) is 15.0 Å². The van der Waals surface area contributed by atoms with Gasteiger partial charge in [0.15, 0.2) is 0 Å². The molecule has 8 heteroatoms. The van der Waals surface area contributed by atoms with E-state index in [1.807, 2.05) is 0 Å². The van der Waals surface area contributed by atoms with E-state index in [0.717, 1.165) is 0 Å². The molecule has 8 nitrogen and oxygen atoms in total. The van der Waals surface area contributed by atoms with Crippen LogP contribution < -0.4 is 5.73 Å². The van der Waals surface area contributed by atoms with Crippen molar-refractivity contribution in [2.75, 3.05) is 13.1 Å². The summed E-state index contributed by atoms with van der Waals surface area (Å²) in [6.07, 6.45) is 1.06. The Bertz CT molecular complexity index is 501. The first-order valence-electron chi connectivity index (χ1n) is 6.43. The number of carbonyl (C=O) groups is 1. The molecule has 2 heterocycles. The van der Waals surface area contributed by atoms with Gasteiger partial charge in [-0.3, -0.25) is 0 Å². The predicted molar refractivity (Wildman–Crippen MR) is 70.7 cm³/mol. The number of hydrogen-bond donors (Lipinski definition) is 2. The topological polar surface area (TPSA) is 106 Å². The fraction of sp³-hybridized carbons (Fsp3) is 0.750. The lowest BCUT2D eigenvalue weighted by molar-refractivity contribution is -0.113. The number of carbonyl (C=O) groups excluding carboxylic acids is 1. The molecule has 2 rings (SSSR count). The summed E-state index contributed by atoms with van der Waals surface area (Å²) < 4.78 is 5.23. The van der Waals surface area contributed by atoms with E-state index in [1.54, 1.807) is 27.8 Å². The van der Waals surface area contributed by atoms with Crippen molar-refractivity contribution < 1.29 is 14.6 Å². The highest BCUT2D eigenvalue weighted by Crippen LogP contribution is 2.32. The Labute approximate surface area is 117 Å². The summed E-state index contributed by atoms with van der Waals surface area (Å²) >= 11 is 0. The number of rotatable bonds is 2. The van der Waals surface area contributed by atoms with Crippen molar-refractivity contribution in [1.29, 1.82) is 0 Å². The summed E-state index contributed by atoms with van der Waals surface area (Å²) in [6.45, 7) is 5.63. The van der Waals surface area contributed by atoms with Crippen molar-refractivity contribution in [2.45, 2.75) is 38.0 Å². The lowest BCUT2D eigenvalue weighted by Gasteiger charge is -2.48. The average molecular weight is 283 g/mol. The molecule has 20 heavy (non-hydrogen) atoms. The molecule has 112 valence electrons. The molecule has 1 aromatic heterocycles. The van der Waals surface area contributed by atoms with Crippen LogP contribution in [-0.4, -0.2) is 55.4 Å². The van der Waals surface area contributed by atoms with Crippen LogP contribution >= 0.6 is 0 Å². The molecule has 1 unspecified atom stereocenters. The van der Waals surface area contributed by atoms with Gasteiger partial charge in [-0.25, -0.2) is 4.79 Å². The number of aryl methyl sites for hydroxylation is 1. The highest BCUT2D eigenvalue weighted by molar-refractivity contribution is 5.69. The molecule has 1 aliphatic rings. The molecular formula is C12H21N5O3. The highest BCUT2D eigenvalue weighted by atomic mass is 16.6. The lowest BCUT2D eigenvalue weighted by atomic mass is 9.85. The summed E-state index contributed by atoms with van der Waals surface area (Å²) in [5.41, 5.74) is 4.75. The third-order valence-corrected chi connectivity index (χ3v) is 3.10. The van der Waals surface area contributed by atoms with Gasteiger partial charge in [0.1, 0.15) is 16.9 Å². The molecule has 0 bridgehead atoms. The van der Waals surface area contributed by atoms with Gasteiger partial charge in [-0.05, 0) is 20.8 Å². The zero-order valence-corrected chi connectivity index (χ0v) is 12.2. The Morgan fingerprint density at radius 1 is 1.55 bits per heavy atom. The zero-order valence-electron chi connectivity index (χ0n) is 12.2. The van der Waals surface area contributed by atoms with E-state index < -0.39 is 23.3 Å². The number of ether oxygens (including phenoxy) is 1. The number of hydrogen-bond acceptors (Lipinski definition) is 6. The minimum absolute atomic E-state index is 0.125. The number of nitrogens with two attached hydrogens (primary N) is 1. The van der Waals surface area contributed by atoms with E-state index in [2.05, 4.69) is 10.2 Å². The fourth-order valence-corrected chi connectivity index (χ4v) is 2.05. The molecule has 3 N–H and O–H groups in total. The van der Waals surface area contributed by atoms with Crippen LogP contribution in [0.2, 0.25) is 0 Å². The standard InChI is InChI=1S/C12H21N5O3/c1-11(2,3)20-10(18)17-6-12(19,7-17)9(13)8-5-14-16(4)15-8/h5,9,19H,6-7,13H2,1-4H3. The van der Waals surface area contributed by atoms with Crippen molar-refractivity contribution >= 4 is 6.09 Å². The van der Waals surface area contributed by atoms with Crippen molar-refractivity contribution in [2.24, 2.45) is 12.8 Å². The minimum Gasteiger partial charge on any atom is -0.444 e. The number of amides is 1. The largest absolute Gasteiger partial charge is 0.444 e. The predicted octanol–water partition coefficient (Wildman–Crippen LogP) is -0.203. The molecule has 0 aromatic carbocycles. The summed E-state index contributed by atoms with van der Waals surface area (Å²) in [4.78, 5) is 14.6. The summed E-state index contributed by atoms with van der Waals surface area (Å²) in [5.74, 6) is 0. The third kappa shape index (κ3) is 2.91. The highest BCUT2D eigenvalue weighted by Gasteiger charge is 2.50. The van der Waals surface area contributed by atoms with Crippen LogP contribution in [0.3, 0.4) is 0 Å². The fourth-order valence-electron chi connectivity index (χ4n) is 2.05. The molecule has 0 aliphatic carbocycles. The Hall–Kier alpha value is -1.67. The van der Waals surface area contributed by atoms with Crippen molar-refractivity contribution in [3.63, 3.8) is 0 Å². The zero-order chi connectivity index (χ0) is 15.1. The number of nitrogens with zero attached hydrogens (tertiary/aromatic N) is 4. The van der Waals surface area contributed by atoms with Crippen LogP contribution in [0.25, 0.3) is 0 Å². The molecule has 1 atom stereocenters. The number of likely N-dealkylation sites (tertiary alicyclic amines) is 1. The quantitative estimate of drug-likeness (QED) is 0.778. The first-order chi connectivity index (χ1) is 9.11. The molecule has 1 saturated heterocycles. The van der Waals surface area contributed by atoms with Crippen LogP contribution in [0.4, 0.5) is 4.79 Å². The summed E-state index contributed by atoms with van der Waals surface area (Å²) in [5, 5.41) is 18.4. The molecule has 0 spiro atoms. The van der Waals surface area contributed by atoms with Gasteiger partial charge in [-0.15, -0.1) is 0 Å². The van der Waals surface area contributed by atoms with Crippen LogP contribution in [0, 0.1) is 0 Å². The van der Waals surface area contributed by atoms with E-state index in [1.165, 1.54) is 15.9 Å². The lowest BCUT2D eigenvalue weighted by Crippen LogP contribution is -2.68. The number of aliphatic hydroxyl groups is 1.